The Morgan fingerprint density at radius 1 is 0.652 bits per heavy atom. The molecule has 6 bridgehead atoms. The molecule has 1 N–H and O–H groups in total. The van der Waals surface area contributed by atoms with Crippen molar-refractivity contribution in [1.29, 1.82) is 0 Å². The van der Waals surface area contributed by atoms with Gasteiger partial charge in [0, 0.05) is 41.9 Å². The molecule has 8 heteroatoms. The number of rotatable bonds is 4. The van der Waals surface area contributed by atoms with E-state index in [2.05, 4.69) is 72.4 Å². The summed E-state index contributed by atoms with van der Waals surface area (Å²) < 4.78 is 30.3. The lowest BCUT2D eigenvalue weighted by atomic mass is 9.87. The van der Waals surface area contributed by atoms with Gasteiger partial charge in [0.25, 0.3) is 0 Å². The molecular formula is C38H42N2O6. The minimum Gasteiger partial charge on any atom is -0.502 e. The molecule has 4 aromatic carbocycles. The molecule has 0 saturated heterocycles. The molecule has 0 radical (unpaired) electrons. The van der Waals surface area contributed by atoms with Crippen molar-refractivity contribution in [2.75, 3.05) is 55.6 Å². The van der Waals surface area contributed by atoms with E-state index in [-0.39, 0.29) is 17.8 Å². The normalized spacial score (nSPS) is 19.1. The maximum Gasteiger partial charge on any atom is 0.201 e. The number of nitrogens with zero attached hydrogens (tertiary/aromatic N) is 2. The fourth-order valence-electron chi connectivity index (χ4n) is 7.53. The first-order chi connectivity index (χ1) is 22.3. The number of likely N-dealkylation sites (N-methyl/N-ethyl adjacent to an activating group) is 2. The summed E-state index contributed by atoms with van der Waals surface area (Å²) in [4.78, 5) is 4.74. The third-order valence-corrected chi connectivity index (χ3v) is 10.1. The minimum atomic E-state index is -0.0674. The van der Waals surface area contributed by atoms with E-state index in [0.29, 0.717) is 29.4 Å². The number of methoxy groups -OCH3 is 4. The van der Waals surface area contributed by atoms with Gasteiger partial charge in [-0.15, -0.1) is 0 Å². The average Bonchev–Trinajstić information content (AvgIpc) is 3.07. The molecule has 0 saturated carbocycles. The minimum absolute atomic E-state index is 0.0102. The van der Waals surface area contributed by atoms with Crippen LogP contribution in [0.2, 0.25) is 0 Å². The first-order valence-corrected chi connectivity index (χ1v) is 15.9. The summed E-state index contributed by atoms with van der Waals surface area (Å²) in [6, 6.07) is 19.1. The van der Waals surface area contributed by atoms with Crippen molar-refractivity contribution in [2.24, 2.45) is 0 Å². The summed E-state index contributed by atoms with van der Waals surface area (Å²) in [7, 11) is 11.0. The highest BCUT2D eigenvalue weighted by molar-refractivity contribution is 5.77. The van der Waals surface area contributed by atoms with E-state index in [1.807, 2.05) is 6.07 Å². The van der Waals surface area contributed by atoms with E-state index < -0.39 is 0 Å². The van der Waals surface area contributed by atoms with Crippen LogP contribution in [0.25, 0.3) is 11.1 Å². The molecule has 4 heterocycles. The molecule has 4 aliphatic heterocycles. The highest BCUT2D eigenvalue weighted by atomic mass is 16.5. The molecule has 4 aromatic rings. The lowest BCUT2D eigenvalue weighted by Crippen LogP contribution is -2.34. The van der Waals surface area contributed by atoms with Crippen molar-refractivity contribution >= 4 is 0 Å². The van der Waals surface area contributed by atoms with Crippen LogP contribution in [0, 0.1) is 0 Å². The maximum atomic E-state index is 11.7. The van der Waals surface area contributed by atoms with E-state index in [9.17, 15) is 5.11 Å². The van der Waals surface area contributed by atoms with Crippen molar-refractivity contribution < 1.29 is 28.8 Å². The van der Waals surface area contributed by atoms with Crippen LogP contribution in [-0.4, -0.2) is 70.5 Å². The number of phenolic OH excluding ortho intramolecular Hbond substituents is 1. The number of phenols is 1. The average molecular weight is 623 g/mol. The number of ether oxygens (including phenoxy) is 5. The zero-order valence-corrected chi connectivity index (χ0v) is 27.5. The van der Waals surface area contributed by atoms with Gasteiger partial charge in [0.2, 0.25) is 5.75 Å². The topological polar surface area (TPSA) is 72.9 Å². The molecule has 4 aliphatic rings. The fraction of sp³-hybridized carbons (Fsp3) is 0.368. The van der Waals surface area contributed by atoms with Crippen molar-refractivity contribution in [3.05, 3.63) is 88.0 Å². The lowest BCUT2D eigenvalue weighted by molar-refractivity contribution is 0.220. The third-order valence-electron chi connectivity index (χ3n) is 10.1. The van der Waals surface area contributed by atoms with Crippen molar-refractivity contribution in [2.45, 2.75) is 37.8 Å². The Morgan fingerprint density at radius 2 is 1.28 bits per heavy atom. The van der Waals surface area contributed by atoms with E-state index in [0.717, 1.165) is 71.7 Å². The Bertz CT molecular complexity index is 1800. The zero-order chi connectivity index (χ0) is 32.1. The van der Waals surface area contributed by atoms with Crippen LogP contribution in [0.1, 0.15) is 45.5 Å². The Morgan fingerprint density at radius 3 is 2.02 bits per heavy atom. The Balaban J connectivity index is 1.50. The highest BCUT2D eigenvalue weighted by Gasteiger charge is 2.34. The summed E-state index contributed by atoms with van der Waals surface area (Å²) in [5, 5.41) is 11.7. The van der Waals surface area contributed by atoms with Gasteiger partial charge in [-0.1, -0.05) is 18.2 Å². The summed E-state index contributed by atoms with van der Waals surface area (Å²) in [5.74, 6) is 3.61. The van der Waals surface area contributed by atoms with Gasteiger partial charge < -0.3 is 28.8 Å². The van der Waals surface area contributed by atoms with Gasteiger partial charge in [-0.3, -0.25) is 9.80 Å². The van der Waals surface area contributed by atoms with Crippen LogP contribution >= 0.6 is 0 Å². The van der Waals surface area contributed by atoms with E-state index in [1.165, 1.54) is 16.7 Å². The predicted molar refractivity (Wildman–Crippen MR) is 178 cm³/mol. The lowest BCUT2D eigenvalue weighted by Gasteiger charge is -2.37. The Labute approximate surface area is 271 Å². The molecule has 2 atom stereocenters. The Hall–Kier alpha value is -4.40. The van der Waals surface area contributed by atoms with Gasteiger partial charge in [0.1, 0.15) is 11.5 Å². The van der Waals surface area contributed by atoms with Gasteiger partial charge in [-0.25, -0.2) is 0 Å². The molecule has 0 unspecified atom stereocenters. The Kier molecular flexibility index (Phi) is 7.95. The number of aromatic hydroxyl groups is 1. The molecule has 46 heavy (non-hydrogen) atoms. The molecular weight excluding hydrogens is 580 g/mol. The van der Waals surface area contributed by atoms with Crippen LogP contribution in [0.3, 0.4) is 0 Å². The van der Waals surface area contributed by atoms with E-state index >= 15 is 0 Å². The second-order valence-electron chi connectivity index (χ2n) is 12.6. The van der Waals surface area contributed by atoms with Gasteiger partial charge in [-0.2, -0.15) is 0 Å². The molecule has 8 rings (SSSR count). The third kappa shape index (κ3) is 5.10. The zero-order valence-electron chi connectivity index (χ0n) is 27.5. The van der Waals surface area contributed by atoms with E-state index in [4.69, 9.17) is 23.7 Å². The molecule has 0 aliphatic carbocycles. The molecule has 0 amide bonds. The number of benzene rings is 4. The molecule has 0 aromatic heterocycles. The second-order valence-corrected chi connectivity index (χ2v) is 12.6. The molecule has 240 valence electrons. The number of fused-ring (bicyclic) bond motifs is 2. The van der Waals surface area contributed by atoms with Crippen LogP contribution in [-0.2, 0) is 25.7 Å². The van der Waals surface area contributed by atoms with Gasteiger partial charge in [0.05, 0.1) is 28.4 Å². The standard InChI is InChI=1S/C38H42N2O6/c1-39-13-11-24-19-33(44-5)34-21-27(24)29(39)16-22-8-10-31(42-3)28(15-22)26-9-7-23(18-32(26)43-4)17-30-36-25(12-14-40(30)2)20-35(45-6)37(41)38(36)46-34/h7-10,15,18-21,29-30,41H,11-14,16-17H2,1-6H3/t29-,30+/m0/s1. The van der Waals surface area contributed by atoms with Crippen LogP contribution in [0.5, 0.6) is 40.2 Å². The van der Waals surface area contributed by atoms with Crippen LogP contribution in [0.4, 0.5) is 0 Å². The SMILES string of the molecule is COc1cc2c3cc1Oc1c(O)c(OC)cc4c1[C@@H](Cc1ccc(c(OC)c1)-c1cc(ccc1OC)C[C@@H]3N(C)CC2)N(C)CC4. The fourth-order valence-corrected chi connectivity index (χ4v) is 7.53. The second kappa shape index (κ2) is 12.1. The van der Waals surface area contributed by atoms with Gasteiger partial charge in [0.15, 0.2) is 23.0 Å². The smallest absolute Gasteiger partial charge is 0.201 e. The summed E-state index contributed by atoms with van der Waals surface area (Å²) in [6.45, 7) is 1.79. The van der Waals surface area contributed by atoms with Gasteiger partial charge in [-0.05, 0) is 104 Å². The van der Waals surface area contributed by atoms with E-state index in [1.54, 1.807) is 28.4 Å². The van der Waals surface area contributed by atoms with Crippen molar-refractivity contribution in [3.63, 3.8) is 0 Å². The first-order valence-electron chi connectivity index (χ1n) is 15.9. The molecule has 0 spiro atoms. The summed E-state index contributed by atoms with van der Waals surface area (Å²) >= 11 is 0. The maximum absolute atomic E-state index is 11.7. The highest BCUT2D eigenvalue weighted by Crippen LogP contribution is 2.51. The molecule has 0 fully saturated rings. The largest absolute Gasteiger partial charge is 0.502 e. The molecule has 8 nitrogen and oxygen atoms in total. The van der Waals surface area contributed by atoms with Crippen molar-refractivity contribution in [3.8, 4) is 51.4 Å². The summed E-state index contributed by atoms with van der Waals surface area (Å²) in [5.41, 5.74) is 8.79. The predicted octanol–water partition coefficient (Wildman–Crippen LogP) is 6.74. The number of hydrogen-bond acceptors (Lipinski definition) is 8. The first kappa shape index (κ1) is 30.3. The van der Waals surface area contributed by atoms with Crippen molar-refractivity contribution in [1.82, 2.24) is 9.80 Å². The van der Waals surface area contributed by atoms with Gasteiger partial charge >= 0.3 is 0 Å². The van der Waals surface area contributed by atoms with Crippen LogP contribution in [0.15, 0.2) is 54.6 Å². The monoisotopic (exact) mass is 622 g/mol. The quantitative estimate of drug-likeness (QED) is 0.268. The number of hydrogen-bond donors (Lipinski definition) is 1. The summed E-state index contributed by atoms with van der Waals surface area (Å²) in [6.07, 6.45) is 3.19. The van der Waals surface area contributed by atoms with Crippen LogP contribution < -0.4 is 23.7 Å².